The first-order valence-electron chi connectivity index (χ1n) is 20.2. The van der Waals surface area contributed by atoms with Crippen LogP contribution in [0.4, 0.5) is 0 Å². The zero-order valence-corrected chi connectivity index (χ0v) is 30.9. The average Bonchev–Trinajstić information content (AvgIpc) is 3.06. The van der Waals surface area contributed by atoms with Crippen LogP contribution >= 0.6 is 0 Å². The zero-order chi connectivity index (χ0) is 33.6. The highest BCUT2D eigenvalue weighted by atomic mass is 16.6. The Kier molecular flexibility index (Phi) is 37.0. The molecular formula is C41H78O5. The van der Waals surface area contributed by atoms with Crippen LogP contribution in [0.2, 0.25) is 0 Å². The molecule has 5 heteroatoms. The van der Waals surface area contributed by atoms with Gasteiger partial charge in [0.2, 0.25) is 0 Å². The van der Waals surface area contributed by atoms with Crippen molar-refractivity contribution in [2.24, 2.45) is 0 Å². The molecular weight excluding hydrogens is 572 g/mol. The van der Waals surface area contributed by atoms with E-state index in [2.05, 4.69) is 26.0 Å². The number of hydrogen-bond donors (Lipinski definition) is 1. The van der Waals surface area contributed by atoms with Gasteiger partial charge in [-0.1, -0.05) is 180 Å². The fraction of sp³-hybridized carbons (Fsp3) is 0.902. The highest BCUT2D eigenvalue weighted by Crippen LogP contribution is 2.15. The second-order valence-corrected chi connectivity index (χ2v) is 13.7. The molecule has 0 saturated carbocycles. The third kappa shape index (κ3) is 35.5. The predicted octanol–water partition coefficient (Wildman–Crippen LogP) is 12.5. The molecule has 5 nitrogen and oxygen atoms in total. The number of carbonyl (C=O) groups is 2. The summed E-state index contributed by atoms with van der Waals surface area (Å²) < 4.78 is 10.6. The molecule has 0 aromatic rings. The van der Waals surface area contributed by atoms with E-state index in [0.717, 1.165) is 38.5 Å². The number of rotatable bonds is 37. The summed E-state index contributed by atoms with van der Waals surface area (Å²) in [5.74, 6) is -0.585. The van der Waals surface area contributed by atoms with Crippen LogP contribution in [0.1, 0.15) is 219 Å². The van der Waals surface area contributed by atoms with Crippen molar-refractivity contribution in [3.8, 4) is 0 Å². The summed E-state index contributed by atoms with van der Waals surface area (Å²) in [6.07, 6.45) is 42.7. The van der Waals surface area contributed by atoms with E-state index in [0.29, 0.717) is 12.8 Å². The summed E-state index contributed by atoms with van der Waals surface area (Å²) in [4.78, 5) is 24.2. The first-order valence-corrected chi connectivity index (χ1v) is 20.2. The number of ether oxygens (including phenoxy) is 2. The molecule has 0 bridgehead atoms. The van der Waals surface area contributed by atoms with Crippen molar-refractivity contribution in [3.05, 3.63) is 12.2 Å². The van der Waals surface area contributed by atoms with Crippen LogP contribution in [0.15, 0.2) is 12.2 Å². The van der Waals surface area contributed by atoms with Crippen molar-refractivity contribution < 1.29 is 24.2 Å². The molecule has 0 aliphatic rings. The maximum atomic E-state index is 12.2. The van der Waals surface area contributed by atoms with E-state index in [1.54, 1.807) is 0 Å². The highest BCUT2D eigenvalue weighted by Gasteiger charge is 2.16. The lowest BCUT2D eigenvalue weighted by Gasteiger charge is -2.15. The van der Waals surface area contributed by atoms with Crippen molar-refractivity contribution in [3.63, 3.8) is 0 Å². The third-order valence-corrected chi connectivity index (χ3v) is 9.06. The van der Waals surface area contributed by atoms with Gasteiger partial charge in [0.25, 0.3) is 0 Å². The monoisotopic (exact) mass is 651 g/mol. The Labute approximate surface area is 286 Å². The molecule has 1 N–H and O–H groups in total. The van der Waals surface area contributed by atoms with Gasteiger partial charge in [-0.05, 0) is 38.5 Å². The first-order chi connectivity index (χ1) is 22.6. The second kappa shape index (κ2) is 38.1. The van der Waals surface area contributed by atoms with E-state index in [1.807, 2.05) is 0 Å². The molecule has 0 unspecified atom stereocenters. The molecule has 0 aliphatic heterocycles. The van der Waals surface area contributed by atoms with Gasteiger partial charge in [-0.2, -0.15) is 0 Å². The predicted molar refractivity (Wildman–Crippen MR) is 196 cm³/mol. The fourth-order valence-corrected chi connectivity index (χ4v) is 5.96. The highest BCUT2D eigenvalue weighted by molar-refractivity contribution is 5.70. The van der Waals surface area contributed by atoms with Crippen LogP contribution < -0.4 is 0 Å². The van der Waals surface area contributed by atoms with Gasteiger partial charge in [-0.3, -0.25) is 9.59 Å². The molecule has 0 rings (SSSR count). The Morgan fingerprint density at radius 2 is 0.804 bits per heavy atom. The molecule has 0 radical (unpaired) electrons. The third-order valence-electron chi connectivity index (χ3n) is 9.06. The number of esters is 2. The quantitative estimate of drug-likeness (QED) is 0.0411. The van der Waals surface area contributed by atoms with E-state index < -0.39 is 6.10 Å². The number of unbranched alkanes of at least 4 members (excludes halogenated alkanes) is 27. The molecule has 0 aromatic carbocycles. The normalized spacial score (nSPS) is 12.2. The summed E-state index contributed by atoms with van der Waals surface area (Å²) in [5, 5.41) is 9.55. The van der Waals surface area contributed by atoms with Gasteiger partial charge >= 0.3 is 11.9 Å². The number of carbonyl (C=O) groups excluding carboxylic acids is 2. The summed E-state index contributed by atoms with van der Waals surface area (Å²) in [5.41, 5.74) is 0. The van der Waals surface area contributed by atoms with Crippen LogP contribution in [-0.2, 0) is 19.1 Å². The lowest BCUT2D eigenvalue weighted by Crippen LogP contribution is -2.28. The van der Waals surface area contributed by atoms with E-state index >= 15 is 0 Å². The van der Waals surface area contributed by atoms with Gasteiger partial charge in [0.1, 0.15) is 6.61 Å². The molecule has 0 fully saturated rings. The summed E-state index contributed by atoms with van der Waals surface area (Å²) in [6.45, 7) is 4.15. The number of hydrogen-bond acceptors (Lipinski definition) is 5. The van der Waals surface area contributed by atoms with Crippen LogP contribution in [-0.4, -0.2) is 36.4 Å². The molecule has 1 atom stereocenters. The van der Waals surface area contributed by atoms with Gasteiger partial charge in [-0.25, -0.2) is 0 Å². The van der Waals surface area contributed by atoms with Gasteiger partial charge in [-0.15, -0.1) is 0 Å². The topological polar surface area (TPSA) is 72.8 Å². The Morgan fingerprint density at radius 3 is 1.17 bits per heavy atom. The smallest absolute Gasteiger partial charge is 0.306 e. The van der Waals surface area contributed by atoms with Crippen LogP contribution in [0, 0.1) is 0 Å². The Hall–Kier alpha value is -1.36. The molecule has 0 aromatic heterocycles. The van der Waals surface area contributed by atoms with Crippen molar-refractivity contribution in [2.45, 2.75) is 225 Å². The number of aliphatic hydroxyl groups is 1. The van der Waals surface area contributed by atoms with Gasteiger partial charge in [0, 0.05) is 12.8 Å². The largest absolute Gasteiger partial charge is 0.462 e. The van der Waals surface area contributed by atoms with E-state index in [-0.39, 0.29) is 25.2 Å². The van der Waals surface area contributed by atoms with Crippen molar-refractivity contribution in [2.75, 3.05) is 13.2 Å². The first kappa shape index (κ1) is 44.6. The van der Waals surface area contributed by atoms with Gasteiger partial charge in [0.15, 0.2) is 6.10 Å². The lowest BCUT2D eigenvalue weighted by molar-refractivity contribution is -0.161. The Balaban J connectivity index is 3.51. The number of allylic oxidation sites excluding steroid dienone is 2. The minimum Gasteiger partial charge on any atom is -0.462 e. The van der Waals surface area contributed by atoms with Crippen LogP contribution in [0.25, 0.3) is 0 Å². The maximum absolute atomic E-state index is 12.2. The van der Waals surface area contributed by atoms with Crippen LogP contribution in [0.5, 0.6) is 0 Å². The standard InChI is InChI=1S/C41H78O5/c1-3-5-7-9-11-13-15-17-19-20-22-23-25-27-29-31-33-35-40(43)45-38-39(37-42)46-41(44)36-34-32-30-28-26-24-21-18-16-14-12-10-8-6-4-2/h17,19,39,42H,3-16,18,20-38H2,1-2H3/b19-17-/t39-/m0/s1. The van der Waals surface area contributed by atoms with E-state index in [9.17, 15) is 14.7 Å². The average molecular weight is 651 g/mol. The Morgan fingerprint density at radius 1 is 0.478 bits per heavy atom. The molecule has 0 saturated heterocycles. The molecule has 0 heterocycles. The summed E-state index contributed by atoms with van der Waals surface area (Å²) in [6, 6.07) is 0. The molecule has 272 valence electrons. The number of aliphatic hydroxyl groups excluding tert-OH is 1. The van der Waals surface area contributed by atoms with Gasteiger partial charge < -0.3 is 14.6 Å². The summed E-state index contributed by atoms with van der Waals surface area (Å²) >= 11 is 0. The van der Waals surface area contributed by atoms with Crippen molar-refractivity contribution in [1.29, 1.82) is 0 Å². The fourth-order valence-electron chi connectivity index (χ4n) is 5.96. The Bertz CT molecular complexity index is 661. The van der Waals surface area contributed by atoms with E-state index in [1.165, 1.54) is 154 Å². The van der Waals surface area contributed by atoms with Crippen LogP contribution in [0.3, 0.4) is 0 Å². The SMILES string of the molecule is CCCCCCCC/C=C\CCCCCCCCCC(=O)OC[C@H](CO)OC(=O)CCCCCCCCCCCCCCCCC. The maximum Gasteiger partial charge on any atom is 0.306 e. The lowest BCUT2D eigenvalue weighted by atomic mass is 10.0. The second-order valence-electron chi connectivity index (χ2n) is 13.7. The molecule has 0 amide bonds. The molecule has 0 spiro atoms. The van der Waals surface area contributed by atoms with Crippen molar-refractivity contribution >= 4 is 11.9 Å². The van der Waals surface area contributed by atoms with Gasteiger partial charge in [0.05, 0.1) is 6.61 Å². The molecule has 46 heavy (non-hydrogen) atoms. The summed E-state index contributed by atoms with van der Waals surface area (Å²) in [7, 11) is 0. The minimum atomic E-state index is -0.766. The molecule has 0 aliphatic carbocycles. The zero-order valence-electron chi connectivity index (χ0n) is 30.9. The van der Waals surface area contributed by atoms with E-state index in [4.69, 9.17) is 9.47 Å². The van der Waals surface area contributed by atoms with Crippen molar-refractivity contribution in [1.82, 2.24) is 0 Å². The minimum absolute atomic E-state index is 0.0622.